The topological polar surface area (TPSA) is 51.5 Å². The van der Waals surface area contributed by atoms with Crippen molar-refractivity contribution >= 4 is 5.97 Å². The summed E-state index contributed by atoms with van der Waals surface area (Å²) in [7, 11) is 0. The molecule has 1 aliphatic rings. The number of aromatic carboxylic acids is 1. The second-order valence-electron chi connectivity index (χ2n) is 3.25. The number of carboxylic acid groups (broad SMARTS) is 1. The Balaban J connectivity index is 2.09. The van der Waals surface area contributed by atoms with Crippen molar-refractivity contribution in [2.24, 2.45) is 5.92 Å². The highest BCUT2D eigenvalue weighted by Crippen LogP contribution is 2.14. The van der Waals surface area contributed by atoms with Crippen LogP contribution in [0.3, 0.4) is 0 Å². The highest BCUT2D eigenvalue weighted by atomic mass is 16.5. The minimum absolute atomic E-state index is 0.354. The molecule has 0 aliphatic carbocycles. The number of rotatable bonds is 3. The Labute approximate surface area is 75.7 Å². The Bertz CT molecular complexity index is 314. The number of nitrogens with zero attached hydrogens (tertiary/aromatic N) is 1. The zero-order valence-electron chi connectivity index (χ0n) is 7.14. The highest BCUT2D eigenvalue weighted by Gasteiger charge is 2.20. The van der Waals surface area contributed by atoms with Crippen LogP contribution in [0.15, 0.2) is 18.3 Å². The van der Waals surface area contributed by atoms with Gasteiger partial charge in [-0.1, -0.05) is 0 Å². The van der Waals surface area contributed by atoms with E-state index < -0.39 is 5.97 Å². The molecular weight excluding hydrogens is 170 g/mol. The molecule has 2 rings (SSSR count). The molecule has 1 aromatic heterocycles. The van der Waals surface area contributed by atoms with Crippen molar-refractivity contribution in [1.29, 1.82) is 0 Å². The van der Waals surface area contributed by atoms with Crippen LogP contribution in [-0.2, 0) is 11.3 Å². The normalized spacial score (nSPS) is 16.9. The SMILES string of the molecule is O=C(O)c1cccn1CC1COC1. The van der Waals surface area contributed by atoms with E-state index in [4.69, 9.17) is 9.84 Å². The number of ether oxygens (including phenoxy) is 1. The average Bonchev–Trinajstić information content (AvgIpc) is 2.44. The van der Waals surface area contributed by atoms with Crippen LogP contribution in [0.5, 0.6) is 0 Å². The Hall–Kier alpha value is -1.29. The molecular formula is C9H11NO3. The Kier molecular flexibility index (Phi) is 2.06. The van der Waals surface area contributed by atoms with Crippen LogP contribution in [0.2, 0.25) is 0 Å². The Morgan fingerprint density at radius 3 is 3.00 bits per heavy atom. The zero-order valence-corrected chi connectivity index (χ0v) is 7.14. The minimum atomic E-state index is -0.870. The first-order valence-corrected chi connectivity index (χ1v) is 4.23. The molecule has 1 fully saturated rings. The van der Waals surface area contributed by atoms with Crippen molar-refractivity contribution < 1.29 is 14.6 Å². The molecule has 0 amide bonds. The van der Waals surface area contributed by atoms with Gasteiger partial charge in [-0.15, -0.1) is 0 Å². The molecule has 1 N–H and O–H groups in total. The van der Waals surface area contributed by atoms with E-state index in [2.05, 4.69) is 0 Å². The first-order chi connectivity index (χ1) is 6.27. The molecule has 0 aromatic carbocycles. The maximum Gasteiger partial charge on any atom is 0.352 e. The lowest BCUT2D eigenvalue weighted by Crippen LogP contribution is -2.32. The lowest BCUT2D eigenvalue weighted by molar-refractivity contribution is -0.0396. The van der Waals surface area contributed by atoms with Crippen molar-refractivity contribution in [2.75, 3.05) is 13.2 Å². The predicted molar refractivity (Wildman–Crippen MR) is 45.7 cm³/mol. The van der Waals surface area contributed by atoms with E-state index in [1.54, 1.807) is 22.9 Å². The number of carboxylic acids is 1. The van der Waals surface area contributed by atoms with E-state index in [9.17, 15) is 4.79 Å². The fourth-order valence-corrected chi connectivity index (χ4v) is 1.44. The second kappa shape index (κ2) is 3.22. The van der Waals surface area contributed by atoms with Crippen LogP contribution in [0.1, 0.15) is 10.5 Å². The first-order valence-electron chi connectivity index (χ1n) is 4.23. The maximum absolute atomic E-state index is 10.7. The van der Waals surface area contributed by atoms with Crippen LogP contribution < -0.4 is 0 Å². The van der Waals surface area contributed by atoms with Gasteiger partial charge < -0.3 is 14.4 Å². The second-order valence-corrected chi connectivity index (χ2v) is 3.25. The molecule has 4 nitrogen and oxygen atoms in total. The monoisotopic (exact) mass is 181 g/mol. The predicted octanol–water partition coefficient (Wildman–Crippen LogP) is 0.833. The molecule has 0 spiro atoms. The summed E-state index contributed by atoms with van der Waals surface area (Å²) in [6, 6.07) is 3.37. The van der Waals surface area contributed by atoms with Crippen molar-refractivity contribution in [3.8, 4) is 0 Å². The summed E-state index contributed by atoms with van der Waals surface area (Å²) in [5, 5.41) is 8.81. The average molecular weight is 181 g/mol. The number of hydrogen-bond acceptors (Lipinski definition) is 2. The zero-order chi connectivity index (χ0) is 9.26. The molecule has 1 saturated heterocycles. The van der Waals surface area contributed by atoms with Gasteiger partial charge in [-0.3, -0.25) is 0 Å². The summed E-state index contributed by atoms with van der Waals surface area (Å²) < 4.78 is 6.78. The van der Waals surface area contributed by atoms with Crippen LogP contribution in [0.25, 0.3) is 0 Å². The molecule has 13 heavy (non-hydrogen) atoms. The van der Waals surface area contributed by atoms with Gasteiger partial charge in [0.15, 0.2) is 0 Å². The summed E-state index contributed by atoms with van der Waals surface area (Å²) in [6.07, 6.45) is 1.79. The maximum atomic E-state index is 10.7. The van der Waals surface area contributed by atoms with Gasteiger partial charge in [0.25, 0.3) is 0 Å². The molecule has 4 heteroatoms. The van der Waals surface area contributed by atoms with E-state index >= 15 is 0 Å². The lowest BCUT2D eigenvalue weighted by Gasteiger charge is -2.26. The molecule has 0 atom stereocenters. The fraction of sp³-hybridized carbons (Fsp3) is 0.444. The minimum Gasteiger partial charge on any atom is -0.477 e. The number of hydrogen-bond donors (Lipinski definition) is 1. The first kappa shape index (κ1) is 8.31. The lowest BCUT2D eigenvalue weighted by atomic mass is 10.1. The van der Waals surface area contributed by atoms with E-state index in [1.165, 1.54) is 0 Å². The van der Waals surface area contributed by atoms with Crippen molar-refractivity contribution in [3.05, 3.63) is 24.0 Å². The molecule has 0 unspecified atom stereocenters. The van der Waals surface area contributed by atoms with E-state index in [0.717, 1.165) is 19.8 Å². The third-order valence-corrected chi connectivity index (χ3v) is 2.21. The van der Waals surface area contributed by atoms with Gasteiger partial charge in [0.2, 0.25) is 0 Å². The van der Waals surface area contributed by atoms with E-state index in [-0.39, 0.29) is 0 Å². The molecule has 0 radical (unpaired) electrons. The number of aromatic nitrogens is 1. The number of carbonyl (C=O) groups is 1. The van der Waals surface area contributed by atoms with Crippen LogP contribution in [0, 0.1) is 5.92 Å². The Morgan fingerprint density at radius 1 is 1.69 bits per heavy atom. The molecule has 70 valence electrons. The van der Waals surface area contributed by atoms with Crippen molar-refractivity contribution in [3.63, 3.8) is 0 Å². The van der Waals surface area contributed by atoms with Gasteiger partial charge in [-0.05, 0) is 12.1 Å². The molecule has 1 aliphatic heterocycles. The van der Waals surface area contributed by atoms with Crippen molar-refractivity contribution in [2.45, 2.75) is 6.54 Å². The van der Waals surface area contributed by atoms with E-state index in [0.29, 0.717) is 11.6 Å². The van der Waals surface area contributed by atoms with Gasteiger partial charge in [-0.25, -0.2) is 4.79 Å². The molecule has 2 heterocycles. The summed E-state index contributed by atoms with van der Waals surface area (Å²) in [5.74, 6) is -0.393. The van der Waals surface area contributed by atoms with Gasteiger partial charge in [0, 0.05) is 18.7 Å². The van der Waals surface area contributed by atoms with Gasteiger partial charge >= 0.3 is 5.97 Å². The van der Waals surface area contributed by atoms with Gasteiger partial charge in [-0.2, -0.15) is 0 Å². The van der Waals surface area contributed by atoms with E-state index in [1.807, 2.05) is 0 Å². The molecule has 1 aromatic rings. The van der Waals surface area contributed by atoms with Gasteiger partial charge in [0.1, 0.15) is 5.69 Å². The Morgan fingerprint density at radius 2 is 2.46 bits per heavy atom. The third-order valence-electron chi connectivity index (χ3n) is 2.21. The molecule has 0 saturated carbocycles. The summed E-state index contributed by atoms with van der Waals surface area (Å²) in [6.45, 7) is 2.24. The fourth-order valence-electron chi connectivity index (χ4n) is 1.44. The van der Waals surface area contributed by atoms with Crippen LogP contribution in [-0.4, -0.2) is 28.9 Å². The van der Waals surface area contributed by atoms with Crippen LogP contribution in [0.4, 0.5) is 0 Å². The highest BCUT2D eigenvalue weighted by molar-refractivity contribution is 5.85. The standard InChI is InChI=1S/C9H11NO3/c11-9(12)8-2-1-3-10(8)4-7-5-13-6-7/h1-3,7H,4-6H2,(H,11,12). The third kappa shape index (κ3) is 1.58. The quantitative estimate of drug-likeness (QED) is 0.751. The largest absolute Gasteiger partial charge is 0.477 e. The summed E-state index contributed by atoms with van der Waals surface area (Å²) in [5.41, 5.74) is 0.354. The van der Waals surface area contributed by atoms with Gasteiger partial charge in [0.05, 0.1) is 13.2 Å². The van der Waals surface area contributed by atoms with Crippen molar-refractivity contribution in [1.82, 2.24) is 4.57 Å². The summed E-state index contributed by atoms with van der Waals surface area (Å²) in [4.78, 5) is 10.7. The smallest absolute Gasteiger partial charge is 0.352 e. The van der Waals surface area contributed by atoms with Crippen LogP contribution >= 0.6 is 0 Å². The summed E-state index contributed by atoms with van der Waals surface area (Å²) >= 11 is 0. The molecule has 0 bridgehead atoms.